The van der Waals surface area contributed by atoms with E-state index in [1.165, 1.54) is 17.2 Å². The number of carbonyl (C=O) groups is 1. The molecule has 6 nitrogen and oxygen atoms in total. The number of hydrogen-bond donors (Lipinski definition) is 1. The SMILES string of the molecule is O=C(NCCN1CCCC1)c1cccn2c(=O)c3cccc(-c4ccccc4)c3nc12. The Labute approximate surface area is 180 Å². The van der Waals surface area contributed by atoms with Gasteiger partial charge in [0.1, 0.15) is 0 Å². The first-order chi connectivity index (χ1) is 15.2. The van der Waals surface area contributed by atoms with Gasteiger partial charge in [-0.15, -0.1) is 0 Å². The summed E-state index contributed by atoms with van der Waals surface area (Å²) in [5.74, 6) is -0.208. The number of likely N-dealkylation sites (tertiary alicyclic amines) is 1. The molecule has 5 rings (SSSR count). The number of amides is 1. The van der Waals surface area contributed by atoms with Crippen LogP contribution in [0.25, 0.3) is 27.7 Å². The monoisotopic (exact) mass is 412 g/mol. The fourth-order valence-electron chi connectivity index (χ4n) is 4.31. The van der Waals surface area contributed by atoms with Gasteiger partial charge in [0.15, 0.2) is 5.65 Å². The van der Waals surface area contributed by atoms with Crippen molar-refractivity contribution >= 4 is 22.5 Å². The van der Waals surface area contributed by atoms with Crippen LogP contribution < -0.4 is 10.9 Å². The molecule has 1 amide bonds. The molecule has 0 bridgehead atoms. The van der Waals surface area contributed by atoms with Crippen molar-refractivity contribution in [3.63, 3.8) is 0 Å². The molecule has 3 heterocycles. The Kier molecular flexibility index (Phi) is 5.22. The number of fused-ring (bicyclic) bond motifs is 2. The van der Waals surface area contributed by atoms with Gasteiger partial charge in [-0.3, -0.25) is 14.0 Å². The predicted molar refractivity (Wildman–Crippen MR) is 122 cm³/mol. The van der Waals surface area contributed by atoms with Crippen molar-refractivity contribution in [3.05, 3.63) is 82.8 Å². The topological polar surface area (TPSA) is 66.7 Å². The Balaban J connectivity index is 1.57. The van der Waals surface area contributed by atoms with Gasteiger partial charge in [-0.1, -0.05) is 42.5 Å². The third kappa shape index (κ3) is 3.70. The van der Waals surface area contributed by atoms with E-state index in [4.69, 9.17) is 4.98 Å². The Bertz CT molecular complexity index is 1310. The summed E-state index contributed by atoms with van der Waals surface area (Å²) < 4.78 is 1.46. The van der Waals surface area contributed by atoms with E-state index >= 15 is 0 Å². The highest BCUT2D eigenvalue weighted by atomic mass is 16.2. The van der Waals surface area contributed by atoms with Crippen molar-refractivity contribution in [2.24, 2.45) is 0 Å². The summed E-state index contributed by atoms with van der Waals surface area (Å²) in [6, 6.07) is 18.9. The highest BCUT2D eigenvalue weighted by molar-refractivity contribution is 6.01. The van der Waals surface area contributed by atoms with Crippen LogP contribution in [0.1, 0.15) is 23.2 Å². The average molecular weight is 412 g/mol. The lowest BCUT2D eigenvalue weighted by molar-refractivity contribution is 0.0951. The maximum absolute atomic E-state index is 13.2. The molecule has 1 fully saturated rings. The molecular weight excluding hydrogens is 388 g/mol. The number of rotatable bonds is 5. The van der Waals surface area contributed by atoms with Crippen LogP contribution in [0.15, 0.2) is 71.7 Å². The molecule has 2 aromatic heterocycles. The minimum absolute atomic E-state index is 0.176. The quantitative estimate of drug-likeness (QED) is 0.511. The van der Waals surface area contributed by atoms with E-state index in [0.717, 1.165) is 30.8 Å². The third-order valence-corrected chi connectivity index (χ3v) is 5.91. The Hall–Kier alpha value is -3.51. The highest BCUT2D eigenvalue weighted by Gasteiger charge is 2.17. The first-order valence-electron chi connectivity index (χ1n) is 10.7. The highest BCUT2D eigenvalue weighted by Crippen LogP contribution is 2.26. The number of pyridine rings is 1. The lowest BCUT2D eigenvalue weighted by Gasteiger charge is -2.15. The summed E-state index contributed by atoms with van der Waals surface area (Å²) in [5.41, 5.74) is 3.08. The van der Waals surface area contributed by atoms with Crippen LogP contribution in [0.3, 0.4) is 0 Å². The van der Waals surface area contributed by atoms with Gasteiger partial charge < -0.3 is 10.2 Å². The zero-order chi connectivity index (χ0) is 21.2. The molecule has 2 aromatic carbocycles. The first-order valence-corrected chi connectivity index (χ1v) is 10.7. The number of para-hydroxylation sites is 1. The van der Waals surface area contributed by atoms with Gasteiger partial charge in [0, 0.05) is 24.8 Å². The van der Waals surface area contributed by atoms with Crippen molar-refractivity contribution in [2.45, 2.75) is 12.8 Å². The van der Waals surface area contributed by atoms with Crippen LogP contribution >= 0.6 is 0 Å². The molecule has 0 radical (unpaired) electrons. The van der Waals surface area contributed by atoms with Gasteiger partial charge in [-0.2, -0.15) is 0 Å². The molecule has 1 aliphatic rings. The molecule has 0 unspecified atom stereocenters. The summed E-state index contributed by atoms with van der Waals surface area (Å²) in [6.45, 7) is 3.60. The number of nitrogens with zero attached hydrogens (tertiary/aromatic N) is 3. The maximum Gasteiger partial charge on any atom is 0.265 e. The summed E-state index contributed by atoms with van der Waals surface area (Å²) in [5, 5.41) is 3.53. The number of aromatic nitrogens is 2. The third-order valence-electron chi connectivity index (χ3n) is 5.91. The van der Waals surface area contributed by atoms with Crippen LogP contribution in [-0.2, 0) is 0 Å². The summed E-state index contributed by atoms with van der Waals surface area (Å²) in [7, 11) is 0. The Morgan fingerprint density at radius 1 is 0.968 bits per heavy atom. The smallest absolute Gasteiger partial charge is 0.265 e. The van der Waals surface area contributed by atoms with E-state index < -0.39 is 0 Å². The second kappa shape index (κ2) is 8.32. The standard InChI is InChI=1S/C25H24N4O2/c30-24(26-13-17-28-14-4-5-15-28)21-12-7-16-29-23(21)27-22-19(18-8-2-1-3-9-18)10-6-11-20(22)25(29)31/h1-3,6-12,16H,4-5,13-15,17H2,(H,26,30). The lowest BCUT2D eigenvalue weighted by Crippen LogP contribution is -2.34. The van der Waals surface area contributed by atoms with Crippen LogP contribution in [-0.4, -0.2) is 46.4 Å². The lowest BCUT2D eigenvalue weighted by atomic mass is 10.0. The fraction of sp³-hybridized carbons (Fsp3) is 0.240. The molecule has 4 aromatic rings. The van der Waals surface area contributed by atoms with E-state index in [1.54, 1.807) is 24.4 Å². The van der Waals surface area contributed by atoms with Gasteiger partial charge in [0.05, 0.1) is 16.5 Å². The molecule has 0 atom stereocenters. The minimum atomic E-state index is -0.208. The van der Waals surface area contributed by atoms with Crippen LogP contribution in [0.2, 0.25) is 0 Å². The zero-order valence-corrected chi connectivity index (χ0v) is 17.3. The van der Waals surface area contributed by atoms with Crippen molar-refractivity contribution < 1.29 is 4.79 Å². The van der Waals surface area contributed by atoms with Gasteiger partial charge in [-0.05, 0) is 49.7 Å². The second-order valence-electron chi connectivity index (χ2n) is 7.90. The van der Waals surface area contributed by atoms with Gasteiger partial charge in [0.2, 0.25) is 0 Å². The van der Waals surface area contributed by atoms with Crippen molar-refractivity contribution in [3.8, 4) is 11.1 Å². The first kappa shape index (κ1) is 19.5. The van der Waals surface area contributed by atoms with Crippen LogP contribution in [0, 0.1) is 0 Å². The zero-order valence-electron chi connectivity index (χ0n) is 17.3. The molecular formula is C25H24N4O2. The Morgan fingerprint density at radius 3 is 2.58 bits per heavy atom. The van der Waals surface area contributed by atoms with Crippen molar-refractivity contribution in [1.82, 2.24) is 19.6 Å². The normalized spacial score (nSPS) is 14.3. The van der Waals surface area contributed by atoms with Gasteiger partial charge >= 0.3 is 0 Å². The molecule has 0 saturated carbocycles. The fourth-order valence-corrected chi connectivity index (χ4v) is 4.31. The largest absolute Gasteiger partial charge is 0.351 e. The molecule has 1 N–H and O–H groups in total. The molecule has 0 spiro atoms. The molecule has 1 saturated heterocycles. The van der Waals surface area contributed by atoms with E-state index in [0.29, 0.717) is 28.7 Å². The van der Waals surface area contributed by atoms with Crippen molar-refractivity contribution in [2.75, 3.05) is 26.2 Å². The summed E-state index contributed by atoms with van der Waals surface area (Å²) in [6.07, 6.45) is 4.11. The maximum atomic E-state index is 13.2. The summed E-state index contributed by atoms with van der Waals surface area (Å²) in [4.78, 5) is 33.3. The van der Waals surface area contributed by atoms with E-state index in [-0.39, 0.29) is 11.5 Å². The number of hydrogen-bond acceptors (Lipinski definition) is 4. The van der Waals surface area contributed by atoms with Gasteiger partial charge in [-0.25, -0.2) is 4.98 Å². The van der Waals surface area contributed by atoms with Gasteiger partial charge in [0.25, 0.3) is 11.5 Å². The Morgan fingerprint density at radius 2 is 1.77 bits per heavy atom. The predicted octanol–water partition coefficient (Wildman–Crippen LogP) is 3.34. The second-order valence-corrected chi connectivity index (χ2v) is 7.90. The number of carbonyl (C=O) groups excluding carboxylic acids is 1. The van der Waals surface area contributed by atoms with Crippen molar-refractivity contribution in [1.29, 1.82) is 0 Å². The molecule has 1 aliphatic heterocycles. The molecule has 6 heteroatoms. The molecule has 156 valence electrons. The molecule has 31 heavy (non-hydrogen) atoms. The number of benzene rings is 2. The van der Waals surface area contributed by atoms with Crippen LogP contribution in [0.4, 0.5) is 0 Å². The average Bonchev–Trinajstić information content (AvgIpc) is 3.33. The van der Waals surface area contributed by atoms with E-state index in [9.17, 15) is 9.59 Å². The van der Waals surface area contributed by atoms with Crippen LogP contribution in [0.5, 0.6) is 0 Å². The number of nitrogens with one attached hydrogen (secondary N) is 1. The summed E-state index contributed by atoms with van der Waals surface area (Å²) >= 11 is 0. The minimum Gasteiger partial charge on any atom is -0.351 e. The van der Waals surface area contributed by atoms with E-state index in [1.807, 2.05) is 42.5 Å². The van der Waals surface area contributed by atoms with E-state index in [2.05, 4.69) is 10.2 Å². The molecule has 0 aliphatic carbocycles.